The first-order chi connectivity index (χ1) is 5.20. The maximum atomic E-state index is 10.9. The Morgan fingerprint density at radius 1 is 1.64 bits per heavy atom. The molecule has 0 spiro atoms. The molecule has 1 aliphatic carbocycles. The lowest BCUT2D eigenvalue weighted by molar-refractivity contribution is -0.136. The van der Waals surface area contributed by atoms with E-state index in [2.05, 4.69) is 0 Å². The SMILES string of the molecule is O=C(O)CCC1=CCCC1=O. The van der Waals surface area contributed by atoms with Gasteiger partial charge in [-0.15, -0.1) is 0 Å². The molecular formula is C8H10O3. The summed E-state index contributed by atoms with van der Waals surface area (Å²) < 4.78 is 0. The number of aliphatic carboxylic acids is 1. The summed E-state index contributed by atoms with van der Waals surface area (Å²) >= 11 is 0. The van der Waals surface area contributed by atoms with E-state index >= 15 is 0 Å². The van der Waals surface area contributed by atoms with Gasteiger partial charge in [0.2, 0.25) is 0 Å². The quantitative estimate of drug-likeness (QED) is 0.663. The third kappa shape index (κ3) is 2.18. The van der Waals surface area contributed by atoms with Crippen molar-refractivity contribution in [3.8, 4) is 0 Å². The highest BCUT2D eigenvalue weighted by atomic mass is 16.4. The first-order valence-corrected chi connectivity index (χ1v) is 3.64. The highest BCUT2D eigenvalue weighted by Crippen LogP contribution is 2.17. The number of carboxylic acids is 1. The minimum atomic E-state index is -0.842. The van der Waals surface area contributed by atoms with Crippen LogP contribution in [0.3, 0.4) is 0 Å². The van der Waals surface area contributed by atoms with Crippen LogP contribution in [0.25, 0.3) is 0 Å². The van der Waals surface area contributed by atoms with Crippen LogP contribution in [0.15, 0.2) is 11.6 Å². The fourth-order valence-corrected chi connectivity index (χ4v) is 1.13. The number of carboxylic acid groups (broad SMARTS) is 1. The van der Waals surface area contributed by atoms with E-state index in [4.69, 9.17) is 5.11 Å². The van der Waals surface area contributed by atoms with Crippen molar-refractivity contribution in [2.24, 2.45) is 0 Å². The number of carbonyl (C=O) groups excluding carboxylic acids is 1. The molecule has 1 aliphatic rings. The predicted molar refractivity (Wildman–Crippen MR) is 39.2 cm³/mol. The Hall–Kier alpha value is -1.12. The number of allylic oxidation sites excluding steroid dienone is 2. The van der Waals surface area contributed by atoms with Crippen LogP contribution in [0, 0.1) is 0 Å². The van der Waals surface area contributed by atoms with Gasteiger partial charge in [-0.1, -0.05) is 6.08 Å². The molecule has 0 atom stereocenters. The molecule has 0 unspecified atom stereocenters. The number of hydrogen-bond donors (Lipinski definition) is 1. The van der Waals surface area contributed by atoms with E-state index in [0.29, 0.717) is 18.4 Å². The van der Waals surface area contributed by atoms with Gasteiger partial charge in [0.25, 0.3) is 0 Å². The summed E-state index contributed by atoms with van der Waals surface area (Å²) in [5.74, 6) is -0.725. The zero-order valence-corrected chi connectivity index (χ0v) is 6.17. The lowest BCUT2D eigenvalue weighted by Crippen LogP contribution is -2.00. The van der Waals surface area contributed by atoms with Gasteiger partial charge >= 0.3 is 5.97 Å². The average molecular weight is 154 g/mol. The van der Waals surface area contributed by atoms with Crippen LogP contribution < -0.4 is 0 Å². The number of rotatable bonds is 3. The molecule has 0 heterocycles. The fourth-order valence-electron chi connectivity index (χ4n) is 1.13. The summed E-state index contributed by atoms with van der Waals surface area (Å²) in [6.07, 6.45) is 3.65. The van der Waals surface area contributed by atoms with E-state index in [-0.39, 0.29) is 12.2 Å². The van der Waals surface area contributed by atoms with Crippen LogP contribution in [0.1, 0.15) is 25.7 Å². The largest absolute Gasteiger partial charge is 0.481 e. The lowest BCUT2D eigenvalue weighted by Gasteiger charge is -1.95. The predicted octanol–water partition coefficient (Wildman–Crippen LogP) is 1.14. The van der Waals surface area contributed by atoms with Gasteiger partial charge in [-0.05, 0) is 18.4 Å². The van der Waals surface area contributed by atoms with Crippen molar-refractivity contribution in [3.63, 3.8) is 0 Å². The molecule has 3 heteroatoms. The zero-order valence-electron chi connectivity index (χ0n) is 6.17. The van der Waals surface area contributed by atoms with Crippen molar-refractivity contribution in [2.75, 3.05) is 0 Å². The molecule has 1 rings (SSSR count). The molecule has 60 valence electrons. The van der Waals surface area contributed by atoms with Gasteiger partial charge in [-0.25, -0.2) is 0 Å². The van der Waals surface area contributed by atoms with Crippen LogP contribution >= 0.6 is 0 Å². The van der Waals surface area contributed by atoms with Gasteiger partial charge in [0.1, 0.15) is 0 Å². The van der Waals surface area contributed by atoms with Crippen molar-refractivity contribution in [1.29, 1.82) is 0 Å². The molecular weight excluding hydrogens is 144 g/mol. The fraction of sp³-hybridized carbons (Fsp3) is 0.500. The van der Waals surface area contributed by atoms with Gasteiger partial charge in [0.05, 0.1) is 0 Å². The monoisotopic (exact) mass is 154 g/mol. The van der Waals surface area contributed by atoms with Crippen molar-refractivity contribution in [2.45, 2.75) is 25.7 Å². The number of ketones is 1. The molecule has 1 N–H and O–H groups in total. The summed E-state index contributed by atoms with van der Waals surface area (Å²) in [5.41, 5.74) is 0.701. The highest BCUT2D eigenvalue weighted by molar-refractivity contribution is 5.97. The molecule has 0 saturated carbocycles. The second-order valence-electron chi connectivity index (χ2n) is 2.58. The van der Waals surface area contributed by atoms with E-state index in [1.807, 2.05) is 6.08 Å². The minimum absolute atomic E-state index is 0.0670. The zero-order chi connectivity index (χ0) is 8.27. The Kier molecular flexibility index (Phi) is 2.41. The van der Waals surface area contributed by atoms with E-state index in [1.54, 1.807) is 0 Å². The second kappa shape index (κ2) is 3.32. The smallest absolute Gasteiger partial charge is 0.303 e. The van der Waals surface area contributed by atoms with E-state index in [1.165, 1.54) is 0 Å². The topological polar surface area (TPSA) is 54.4 Å². The van der Waals surface area contributed by atoms with Crippen molar-refractivity contribution >= 4 is 11.8 Å². The Bertz CT molecular complexity index is 215. The van der Waals surface area contributed by atoms with Gasteiger partial charge in [-0.2, -0.15) is 0 Å². The van der Waals surface area contributed by atoms with Crippen LogP contribution in [0.2, 0.25) is 0 Å². The highest BCUT2D eigenvalue weighted by Gasteiger charge is 2.15. The molecule has 0 fully saturated rings. The molecule has 0 aliphatic heterocycles. The number of Topliss-reactive ketones (excluding diaryl/α,β-unsaturated/α-hetero) is 1. The summed E-state index contributed by atoms with van der Waals surface area (Å²) in [4.78, 5) is 21.0. The van der Waals surface area contributed by atoms with Crippen molar-refractivity contribution in [3.05, 3.63) is 11.6 Å². The number of carbonyl (C=O) groups is 2. The summed E-state index contributed by atoms with van der Waals surface area (Å²) in [7, 11) is 0. The molecule has 0 saturated heterocycles. The standard InChI is InChI=1S/C8H10O3/c9-7-3-1-2-6(7)4-5-8(10)11/h2H,1,3-5H2,(H,10,11). The van der Waals surface area contributed by atoms with E-state index in [9.17, 15) is 9.59 Å². The van der Waals surface area contributed by atoms with Crippen molar-refractivity contribution < 1.29 is 14.7 Å². The maximum Gasteiger partial charge on any atom is 0.303 e. The first-order valence-electron chi connectivity index (χ1n) is 3.64. The normalized spacial score (nSPS) is 16.7. The molecule has 0 aromatic rings. The molecule has 0 aromatic carbocycles. The Morgan fingerprint density at radius 3 is 2.82 bits per heavy atom. The lowest BCUT2D eigenvalue weighted by atomic mass is 10.1. The van der Waals surface area contributed by atoms with Gasteiger partial charge in [0.15, 0.2) is 5.78 Å². The van der Waals surface area contributed by atoms with E-state index < -0.39 is 5.97 Å². The van der Waals surface area contributed by atoms with Gasteiger partial charge in [-0.3, -0.25) is 9.59 Å². The average Bonchev–Trinajstić information content (AvgIpc) is 2.31. The van der Waals surface area contributed by atoms with E-state index in [0.717, 1.165) is 6.42 Å². The Balaban J connectivity index is 2.37. The van der Waals surface area contributed by atoms with Crippen LogP contribution in [-0.4, -0.2) is 16.9 Å². The maximum absolute atomic E-state index is 10.9. The van der Waals surface area contributed by atoms with Crippen molar-refractivity contribution in [1.82, 2.24) is 0 Å². The van der Waals surface area contributed by atoms with Gasteiger partial charge < -0.3 is 5.11 Å². The summed E-state index contributed by atoms with van der Waals surface area (Å²) in [6.45, 7) is 0. The first kappa shape index (κ1) is 7.98. The third-order valence-electron chi connectivity index (χ3n) is 1.73. The minimum Gasteiger partial charge on any atom is -0.481 e. The van der Waals surface area contributed by atoms with Crippen LogP contribution in [0.5, 0.6) is 0 Å². The summed E-state index contributed by atoms with van der Waals surface area (Å²) in [6, 6.07) is 0. The Morgan fingerprint density at radius 2 is 2.36 bits per heavy atom. The van der Waals surface area contributed by atoms with Gasteiger partial charge in [0, 0.05) is 12.8 Å². The Labute approximate surface area is 64.7 Å². The third-order valence-corrected chi connectivity index (χ3v) is 1.73. The molecule has 0 bridgehead atoms. The summed E-state index contributed by atoms with van der Waals surface area (Å²) in [5, 5.41) is 8.32. The number of hydrogen-bond acceptors (Lipinski definition) is 2. The van der Waals surface area contributed by atoms with Crippen LogP contribution in [-0.2, 0) is 9.59 Å². The molecule has 11 heavy (non-hydrogen) atoms. The molecule has 0 amide bonds. The van der Waals surface area contributed by atoms with Crippen LogP contribution in [0.4, 0.5) is 0 Å². The molecule has 0 radical (unpaired) electrons. The molecule has 0 aromatic heterocycles. The molecule has 3 nitrogen and oxygen atoms in total. The second-order valence-corrected chi connectivity index (χ2v) is 2.58.